The maximum atomic E-state index is 5.29. The lowest BCUT2D eigenvalue weighted by atomic mass is 10.4. The third-order valence-electron chi connectivity index (χ3n) is 1.23. The van der Waals surface area contributed by atoms with Gasteiger partial charge in [-0.3, -0.25) is 0 Å². The van der Waals surface area contributed by atoms with Gasteiger partial charge in [0.25, 0.3) is 0 Å². The molecule has 1 aliphatic heterocycles. The fourth-order valence-corrected chi connectivity index (χ4v) is 0.795. The standard InChI is InChI=1S/C6H12O2/c1-3-6-7-4-5(2)8-6/h5-6H,3-4H2,1-2H3/t5-,6-/m0/s1. The zero-order chi connectivity index (χ0) is 5.98. The fourth-order valence-electron chi connectivity index (χ4n) is 0.795. The summed E-state index contributed by atoms with van der Waals surface area (Å²) in [5.41, 5.74) is 0. The van der Waals surface area contributed by atoms with Crippen molar-refractivity contribution in [3.05, 3.63) is 0 Å². The maximum absolute atomic E-state index is 5.29. The Hall–Kier alpha value is -0.0800. The highest BCUT2D eigenvalue weighted by Crippen LogP contribution is 2.12. The van der Waals surface area contributed by atoms with E-state index in [4.69, 9.17) is 9.47 Å². The van der Waals surface area contributed by atoms with Crippen LogP contribution in [-0.4, -0.2) is 19.0 Å². The van der Waals surface area contributed by atoms with E-state index in [0.29, 0.717) is 6.10 Å². The highest BCUT2D eigenvalue weighted by Gasteiger charge is 2.19. The van der Waals surface area contributed by atoms with Crippen molar-refractivity contribution < 1.29 is 9.47 Å². The van der Waals surface area contributed by atoms with Crippen molar-refractivity contribution in [3.8, 4) is 0 Å². The summed E-state index contributed by atoms with van der Waals surface area (Å²) in [4.78, 5) is 0. The Morgan fingerprint density at radius 2 is 2.38 bits per heavy atom. The lowest BCUT2D eigenvalue weighted by molar-refractivity contribution is -0.0557. The third kappa shape index (κ3) is 1.20. The molecule has 2 heteroatoms. The average Bonchev–Trinajstić information content (AvgIpc) is 2.14. The predicted octanol–water partition coefficient (Wildman–Crippen LogP) is 1.16. The molecule has 1 aliphatic rings. The third-order valence-corrected chi connectivity index (χ3v) is 1.23. The van der Waals surface area contributed by atoms with Crippen LogP contribution in [0.5, 0.6) is 0 Å². The molecule has 0 aromatic carbocycles. The fraction of sp³-hybridized carbons (Fsp3) is 1.00. The highest BCUT2D eigenvalue weighted by atomic mass is 16.7. The van der Waals surface area contributed by atoms with Crippen LogP contribution in [-0.2, 0) is 9.47 Å². The molecule has 1 heterocycles. The van der Waals surface area contributed by atoms with Crippen LogP contribution in [0.2, 0.25) is 0 Å². The molecule has 0 N–H and O–H groups in total. The Balaban J connectivity index is 2.22. The largest absolute Gasteiger partial charge is 0.350 e. The van der Waals surface area contributed by atoms with Crippen molar-refractivity contribution in [1.29, 1.82) is 0 Å². The van der Waals surface area contributed by atoms with Crippen LogP contribution in [0.25, 0.3) is 0 Å². The van der Waals surface area contributed by atoms with Gasteiger partial charge in [-0.1, -0.05) is 6.92 Å². The minimum Gasteiger partial charge on any atom is -0.350 e. The summed E-state index contributed by atoms with van der Waals surface area (Å²) in [6.07, 6.45) is 1.34. The van der Waals surface area contributed by atoms with E-state index < -0.39 is 0 Å². The van der Waals surface area contributed by atoms with Crippen molar-refractivity contribution >= 4 is 0 Å². The molecule has 0 amide bonds. The van der Waals surface area contributed by atoms with E-state index in [1.165, 1.54) is 0 Å². The van der Waals surface area contributed by atoms with E-state index in [9.17, 15) is 0 Å². The van der Waals surface area contributed by atoms with Gasteiger partial charge in [0.15, 0.2) is 6.29 Å². The summed E-state index contributed by atoms with van der Waals surface area (Å²) in [6, 6.07) is 0. The Morgan fingerprint density at radius 3 is 2.62 bits per heavy atom. The van der Waals surface area contributed by atoms with Crippen molar-refractivity contribution in [1.82, 2.24) is 0 Å². The van der Waals surface area contributed by atoms with Gasteiger partial charge in [-0.05, 0) is 13.3 Å². The molecule has 1 rings (SSSR count). The van der Waals surface area contributed by atoms with Gasteiger partial charge in [0.2, 0.25) is 0 Å². The predicted molar refractivity (Wildman–Crippen MR) is 30.6 cm³/mol. The second kappa shape index (κ2) is 2.46. The molecule has 0 spiro atoms. The van der Waals surface area contributed by atoms with Crippen LogP contribution in [0, 0.1) is 0 Å². The summed E-state index contributed by atoms with van der Waals surface area (Å²) in [5, 5.41) is 0. The van der Waals surface area contributed by atoms with Crippen molar-refractivity contribution in [3.63, 3.8) is 0 Å². The van der Waals surface area contributed by atoms with Crippen molar-refractivity contribution in [2.45, 2.75) is 32.7 Å². The van der Waals surface area contributed by atoms with Crippen molar-refractivity contribution in [2.75, 3.05) is 6.61 Å². The Bertz CT molecular complexity index is 72.9. The molecular weight excluding hydrogens is 104 g/mol. The van der Waals surface area contributed by atoms with Gasteiger partial charge < -0.3 is 9.47 Å². The van der Waals surface area contributed by atoms with Crippen LogP contribution in [0.4, 0.5) is 0 Å². The number of rotatable bonds is 1. The highest BCUT2D eigenvalue weighted by molar-refractivity contribution is 4.57. The molecule has 0 aromatic rings. The van der Waals surface area contributed by atoms with E-state index in [2.05, 4.69) is 6.92 Å². The van der Waals surface area contributed by atoms with Gasteiger partial charge in [-0.2, -0.15) is 0 Å². The van der Waals surface area contributed by atoms with Gasteiger partial charge in [-0.25, -0.2) is 0 Å². The minimum atomic E-state index is 0.0741. The zero-order valence-electron chi connectivity index (χ0n) is 5.39. The van der Waals surface area contributed by atoms with Crippen LogP contribution >= 0.6 is 0 Å². The number of ether oxygens (including phenoxy) is 2. The van der Waals surface area contributed by atoms with Crippen LogP contribution in [0.1, 0.15) is 20.3 Å². The van der Waals surface area contributed by atoms with Crippen LogP contribution in [0.15, 0.2) is 0 Å². The molecule has 0 aromatic heterocycles. The molecular formula is C6H12O2. The van der Waals surface area contributed by atoms with E-state index in [1.54, 1.807) is 0 Å². The minimum absolute atomic E-state index is 0.0741. The molecule has 1 saturated heterocycles. The Morgan fingerprint density at radius 1 is 1.62 bits per heavy atom. The van der Waals surface area contributed by atoms with Crippen LogP contribution in [0.3, 0.4) is 0 Å². The lowest BCUT2D eigenvalue weighted by Gasteiger charge is -2.03. The molecule has 0 aliphatic carbocycles. The summed E-state index contributed by atoms with van der Waals surface area (Å²) in [6.45, 7) is 4.84. The summed E-state index contributed by atoms with van der Waals surface area (Å²) >= 11 is 0. The molecule has 0 saturated carbocycles. The smallest absolute Gasteiger partial charge is 0.157 e. The molecule has 0 unspecified atom stereocenters. The van der Waals surface area contributed by atoms with Crippen LogP contribution < -0.4 is 0 Å². The average molecular weight is 116 g/mol. The van der Waals surface area contributed by atoms with Gasteiger partial charge in [0, 0.05) is 0 Å². The SMILES string of the molecule is CC[C@H]1OC[C@H](C)O1. The number of hydrogen-bond acceptors (Lipinski definition) is 2. The van der Waals surface area contributed by atoms with E-state index in [0.717, 1.165) is 13.0 Å². The second-order valence-corrected chi connectivity index (χ2v) is 2.12. The zero-order valence-corrected chi connectivity index (χ0v) is 5.39. The molecule has 8 heavy (non-hydrogen) atoms. The summed E-state index contributed by atoms with van der Waals surface area (Å²) < 4.78 is 10.5. The first-order valence-electron chi connectivity index (χ1n) is 3.10. The van der Waals surface area contributed by atoms with Gasteiger partial charge >= 0.3 is 0 Å². The summed E-state index contributed by atoms with van der Waals surface area (Å²) in [5.74, 6) is 0. The van der Waals surface area contributed by atoms with Gasteiger partial charge in [-0.15, -0.1) is 0 Å². The van der Waals surface area contributed by atoms with Gasteiger partial charge in [0.1, 0.15) is 0 Å². The molecule has 2 nitrogen and oxygen atoms in total. The maximum Gasteiger partial charge on any atom is 0.157 e. The lowest BCUT2D eigenvalue weighted by Crippen LogP contribution is -2.06. The van der Waals surface area contributed by atoms with Gasteiger partial charge in [0.05, 0.1) is 12.7 Å². The van der Waals surface area contributed by atoms with Crippen molar-refractivity contribution in [2.24, 2.45) is 0 Å². The molecule has 2 atom stereocenters. The molecule has 1 fully saturated rings. The quantitative estimate of drug-likeness (QED) is 0.511. The molecule has 48 valence electrons. The summed E-state index contributed by atoms with van der Waals surface area (Å²) in [7, 11) is 0. The normalized spacial score (nSPS) is 38.2. The van der Waals surface area contributed by atoms with E-state index in [-0.39, 0.29) is 6.29 Å². The van der Waals surface area contributed by atoms with E-state index >= 15 is 0 Å². The first kappa shape index (κ1) is 6.05. The topological polar surface area (TPSA) is 18.5 Å². The van der Waals surface area contributed by atoms with E-state index in [1.807, 2.05) is 6.92 Å². The Labute approximate surface area is 49.8 Å². The Kier molecular flexibility index (Phi) is 1.86. The number of hydrogen-bond donors (Lipinski definition) is 0. The molecule has 0 bridgehead atoms. The second-order valence-electron chi connectivity index (χ2n) is 2.12. The first-order valence-corrected chi connectivity index (χ1v) is 3.10. The molecule has 0 radical (unpaired) electrons. The monoisotopic (exact) mass is 116 g/mol. The first-order chi connectivity index (χ1) is 3.83.